The van der Waals surface area contributed by atoms with Crippen LogP contribution >= 0.6 is 0 Å². The van der Waals surface area contributed by atoms with Crippen molar-refractivity contribution in [1.82, 2.24) is 9.80 Å². The number of likely N-dealkylation sites (N-methyl/N-ethyl adjacent to an activating group) is 1. The van der Waals surface area contributed by atoms with Crippen LogP contribution in [-0.2, 0) is 4.79 Å². The minimum absolute atomic E-state index is 0.109. The lowest BCUT2D eigenvalue weighted by molar-refractivity contribution is -0.127. The zero-order valence-corrected chi connectivity index (χ0v) is 9.56. The number of amides is 3. The van der Waals surface area contributed by atoms with Gasteiger partial charge in [-0.2, -0.15) is 0 Å². The van der Waals surface area contributed by atoms with Crippen LogP contribution in [0.2, 0.25) is 0 Å². The van der Waals surface area contributed by atoms with Gasteiger partial charge in [0.2, 0.25) is 0 Å². The third kappa shape index (κ3) is 2.28. The molecule has 0 bridgehead atoms. The van der Waals surface area contributed by atoms with Gasteiger partial charge in [-0.3, -0.25) is 9.69 Å². The Morgan fingerprint density at radius 3 is 2.47 bits per heavy atom. The van der Waals surface area contributed by atoms with Crippen molar-refractivity contribution < 1.29 is 9.59 Å². The number of nitrogens with two attached hydrogens (primary N) is 1. The highest BCUT2D eigenvalue weighted by atomic mass is 16.2. The Morgan fingerprint density at radius 2 is 2.00 bits per heavy atom. The number of carbonyl (C=O) groups excluding carboxylic acids is 2. The van der Waals surface area contributed by atoms with Crippen molar-refractivity contribution in [3.05, 3.63) is 0 Å². The SMILES string of the molecule is CC(C)CC1C(=O)N(C)C(=O)N1CCN. The largest absolute Gasteiger partial charge is 0.329 e. The maximum atomic E-state index is 11.8. The van der Waals surface area contributed by atoms with E-state index in [-0.39, 0.29) is 18.0 Å². The molecule has 0 spiro atoms. The van der Waals surface area contributed by atoms with E-state index in [4.69, 9.17) is 5.73 Å². The van der Waals surface area contributed by atoms with E-state index in [0.717, 1.165) is 0 Å². The lowest BCUT2D eigenvalue weighted by atomic mass is 10.0. The quantitative estimate of drug-likeness (QED) is 0.681. The molecule has 3 amide bonds. The molecule has 86 valence electrons. The summed E-state index contributed by atoms with van der Waals surface area (Å²) in [6.07, 6.45) is 0.703. The van der Waals surface area contributed by atoms with Crippen molar-refractivity contribution in [3.8, 4) is 0 Å². The summed E-state index contributed by atoms with van der Waals surface area (Å²) < 4.78 is 0. The van der Waals surface area contributed by atoms with Gasteiger partial charge in [-0.05, 0) is 12.3 Å². The smallest absolute Gasteiger partial charge is 0.327 e. The Morgan fingerprint density at radius 1 is 1.40 bits per heavy atom. The van der Waals surface area contributed by atoms with Crippen molar-refractivity contribution in [2.45, 2.75) is 26.3 Å². The van der Waals surface area contributed by atoms with Gasteiger partial charge in [0.25, 0.3) is 5.91 Å². The van der Waals surface area contributed by atoms with Gasteiger partial charge in [-0.25, -0.2) is 4.79 Å². The Hall–Kier alpha value is -1.10. The highest BCUT2D eigenvalue weighted by Crippen LogP contribution is 2.21. The van der Waals surface area contributed by atoms with Gasteiger partial charge in [0.1, 0.15) is 6.04 Å². The minimum Gasteiger partial charge on any atom is -0.329 e. The molecule has 15 heavy (non-hydrogen) atoms. The van der Waals surface area contributed by atoms with Crippen LogP contribution in [0.1, 0.15) is 20.3 Å². The molecule has 0 aromatic heterocycles. The number of imide groups is 1. The fourth-order valence-electron chi connectivity index (χ4n) is 1.84. The first-order valence-electron chi connectivity index (χ1n) is 5.27. The summed E-state index contributed by atoms with van der Waals surface area (Å²) in [7, 11) is 1.52. The van der Waals surface area contributed by atoms with E-state index in [1.165, 1.54) is 11.9 Å². The Kier molecular flexibility index (Phi) is 3.68. The molecule has 1 fully saturated rings. The average Bonchev–Trinajstić information content (AvgIpc) is 2.35. The third-order valence-corrected chi connectivity index (χ3v) is 2.59. The van der Waals surface area contributed by atoms with Crippen LogP contribution in [0, 0.1) is 5.92 Å². The molecule has 1 aliphatic heterocycles. The Bertz CT molecular complexity index is 265. The molecule has 5 nitrogen and oxygen atoms in total. The van der Waals surface area contributed by atoms with Gasteiger partial charge in [0.05, 0.1) is 0 Å². The molecule has 0 aliphatic carbocycles. The molecule has 1 unspecified atom stereocenters. The molecular formula is C10H19N3O2. The molecule has 0 radical (unpaired) electrons. The van der Waals surface area contributed by atoms with E-state index < -0.39 is 0 Å². The highest BCUT2D eigenvalue weighted by molar-refractivity contribution is 6.03. The molecule has 5 heteroatoms. The van der Waals surface area contributed by atoms with E-state index in [2.05, 4.69) is 0 Å². The maximum Gasteiger partial charge on any atom is 0.327 e. The van der Waals surface area contributed by atoms with Crippen molar-refractivity contribution in [2.75, 3.05) is 20.1 Å². The van der Waals surface area contributed by atoms with E-state index in [1.54, 1.807) is 4.90 Å². The summed E-state index contributed by atoms with van der Waals surface area (Å²) >= 11 is 0. The van der Waals surface area contributed by atoms with Crippen LogP contribution in [0.15, 0.2) is 0 Å². The summed E-state index contributed by atoms with van der Waals surface area (Å²) in [5, 5.41) is 0. The number of rotatable bonds is 4. The first-order chi connectivity index (χ1) is 6.99. The summed E-state index contributed by atoms with van der Waals surface area (Å²) in [4.78, 5) is 26.2. The van der Waals surface area contributed by atoms with Crippen LogP contribution in [-0.4, -0.2) is 47.9 Å². The lowest BCUT2D eigenvalue weighted by Gasteiger charge is -2.22. The number of nitrogens with zero attached hydrogens (tertiary/aromatic N) is 2. The molecule has 0 saturated carbocycles. The number of hydrogen-bond acceptors (Lipinski definition) is 3. The fourth-order valence-corrected chi connectivity index (χ4v) is 1.84. The second-order valence-electron chi connectivity index (χ2n) is 4.31. The minimum atomic E-state index is -0.314. The average molecular weight is 213 g/mol. The van der Waals surface area contributed by atoms with Crippen LogP contribution in [0.5, 0.6) is 0 Å². The maximum absolute atomic E-state index is 11.8. The second kappa shape index (κ2) is 4.61. The van der Waals surface area contributed by atoms with Gasteiger partial charge < -0.3 is 10.6 Å². The van der Waals surface area contributed by atoms with E-state index in [1.807, 2.05) is 13.8 Å². The van der Waals surface area contributed by atoms with Crippen molar-refractivity contribution in [1.29, 1.82) is 0 Å². The Labute approximate surface area is 90.2 Å². The molecule has 2 N–H and O–H groups in total. The van der Waals surface area contributed by atoms with E-state index in [9.17, 15) is 9.59 Å². The molecular weight excluding hydrogens is 194 g/mol. The van der Waals surface area contributed by atoms with Crippen LogP contribution < -0.4 is 5.73 Å². The monoisotopic (exact) mass is 213 g/mol. The van der Waals surface area contributed by atoms with E-state index >= 15 is 0 Å². The number of carbonyl (C=O) groups is 2. The first-order valence-corrected chi connectivity index (χ1v) is 5.27. The molecule has 1 heterocycles. The van der Waals surface area contributed by atoms with Crippen LogP contribution in [0.4, 0.5) is 4.79 Å². The summed E-state index contributed by atoms with van der Waals surface area (Å²) in [5.41, 5.74) is 5.43. The molecule has 0 aromatic rings. The zero-order chi connectivity index (χ0) is 11.6. The van der Waals surface area contributed by atoms with Gasteiger partial charge >= 0.3 is 6.03 Å². The molecule has 1 saturated heterocycles. The predicted molar refractivity (Wildman–Crippen MR) is 57.2 cm³/mol. The summed E-state index contributed by atoms with van der Waals surface area (Å²) in [5.74, 6) is 0.278. The molecule has 1 atom stereocenters. The van der Waals surface area contributed by atoms with Crippen molar-refractivity contribution >= 4 is 11.9 Å². The molecule has 1 rings (SSSR count). The topological polar surface area (TPSA) is 66.6 Å². The second-order valence-corrected chi connectivity index (χ2v) is 4.31. The van der Waals surface area contributed by atoms with Gasteiger partial charge in [0.15, 0.2) is 0 Å². The molecule has 0 aromatic carbocycles. The van der Waals surface area contributed by atoms with Crippen LogP contribution in [0.3, 0.4) is 0 Å². The fraction of sp³-hybridized carbons (Fsp3) is 0.800. The van der Waals surface area contributed by atoms with Gasteiger partial charge in [-0.1, -0.05) is 13.8 Å². The summed E-state index contributed by atoms with van der Waals surface area (Å²) in [6, 6.07) is -0.540. The molecule has 1 aliphatic rings. The lowest BCUT2D eigenvalue weighted by Crippen LogP contribution is -2.39. The van der Waals surface area contributed by atoms with Crippen LogP contribution in [0.25, 0.3) is 0 Å². The normalized spacial score (nSPS) is 22.1. The highest BCUT2D eigenvalue weighted by Gasteiger charge is 2.42. The van der Waals surface area contributed by atoms with Crippen molar-refractivity contribution in [2.24, 2.45) is 11.7 Å². The van der Waals surface area contributed by atoms with Crippen molar-refractivity contribution in [3.63, 3.8) is 0 Å². The summed E-state index contributed by atoms with van der Waals surface area (Å²) in [6.45, 7) is 4.92. The van der Waals surface area contributed by atoms with Gasteiger partial charge in [-0.15, -0.1) is 0 Å². The number of urea groups is 1. The zero-order valence-electron chi connectivity index (χ0n) is 9.56. The Balaban J connectivity index is 2.80. The van der Waals surface area contributed by atoms with E-state index in [0.29, 0.717) is 25.4 Å². The third-order valence-electron chi connectivity index (χ3n) is 2.59. The predicted octanol–water partition coefficient (Wildman–Crippen LogP) is 0.254. The number of hydrogen-bond donors (Lipinski definition) is 1. The van der Waals surface area contributed by atoms with Gasteiger partial charge in [0, 0.05) is 20.1 Å². The first kappa shape index (κ1) is 12.0. The standard InChI is InChI=1S/C10H19N3O2/c1-7(2)6-8-9(14)12(3)10(15)13(8)5-4-11/h7-8H,4-6,11H2,1-3H3.